The van der Waals surface area contributed by atoms with Crippen LogP contribution in [0.4, 0.5) is 5.69 Å². The number of nitrogens with two attached hydrogens (primary N) is 2. The molecule has 0 unspecified atom stereocenters. The lowest BCUT2D eigenvalue weighted by Crippen LogP contribution is -2.37. The molecule has 0 spiro atoms. The van der Waals surface area contributed by atoms with Crippen molar-refractivity contribution in [3.8, 4) is 0 Å². The fourth-order valence-corrected chi connectivity index (χ4v) is 1.75. The van der Waals surface area contributed by atoms with E-state index >= 15 is 0 Å². The molecule has 1 atom stereocenters. The van der Waals surface area contributed by atoms with E-state index in [9.17, 15) is 4.79 Å². The second-order valence-corrected chi connectivity index (χ2v) is 4.22. The molecule has 5 N–H and O–H groups in total. The van der Waals surface area contributed by atoms with E-state index in [4.69, 9.17) is 11.5 Å². The van der Waals surface area contributed by atoms with Crippen molar-refractivity contribution in [2.24, 2.45) is 5.73 Å². The van der Waals surface area contributed by atoms with Gasteiger partial charge >= 0.3 is 0 Å². The number of nitrogens with zero attached hydrogens (tertiary/aromatic N) is 3. The summed E-state index contributed by atoms with van der Waals surface area (Å²) in [4.78, 5) is 18.9. The zero-order chi connectivity index (χ0) is 13.3. The molecule has 96 valence electrons. The summed E-state index contributed by atoms with van der Waals surface area (Å²) in [6.45, 7) is 3.50. The molecule has 0 saturated carbocycles. The van der Waals surface area contributed by atoms with Gasteiger partial charge < -0.3 is 16.5 Å². The number of carbonyl (C=O) groups excluding carboxylic acids is 1. The van der Waals surface area contributed by atoms with Crippen LogP contribution in [0.2, 0.25) is 0 Å². The Labute approximate surface area is 104 Å². The number of H-pyrrole nitrogens is 1. The summed E-state index contributed by atoms with van der Waals surface area (Å²) in [6, 6.07) is -0.678. The van der Waals surface area contributed by atoms with Gasteiger partial charge in [0, 0.05) is 18.3 Å². The molecule has 0 saturated heterocycles. The van der Waals surface area contributed by atoms with Crippen molar-refractivity contribution in [1.82, 2.24) is 19.7 Å². The molecule has 7 nitrogen and oxygen atoms in total. The molecular formula is C11H16N6O. The van der Waals surface area contributed by atoms with Gasteiger partial charge in [0.2, 0.25) is 0 Å². The van der Waals surface area contributed by atoms with Crippen molar-refractivity contribution < 1.29 is 4.79 Å². The van der Waals surface area contributed by atoms with Gasteiger partial charge in [0.05, 0.1) is 29.4 Å². The summed E-state index contributed by atoms with van der Waals surface area (Å²) >= 11 is 0. The number of hydrogen-bond donors (Lipinski definition) is 3. The lowest BCUT2D eigenvalue weighted by molar-refractivity contribution is 0.0859. The van der Waals surface area contributed by atoms with E-state index < -0.39 is 6.04 Å². The number of aryl methyl sites for hydroxylation is 1. The SMILES string of the molecule is Cc1nn(C(=O)[C@@H](N)Cc2cnc[nH]2)c(C)c1N. The molecule has 0 radical (unpaired) electrons. The minimum absolute atomic E-state index is 0.276. The third kappa shape index (κ3) is 2.12. The maximum absolute atomic E-state index is 12.1. The minimum atomic E-state index is -0.678. The van der Waals surface area contributed by atoms with Crippen molar-refractivity contribution in [2.45, 2.75) is 26.3 Å². The number of aromatic nitrogens is 4. The zero-order valence-corrected chi connectivity index (χ0v) is 10.3. The highest BCUT2D eigenvalue weighted by atomic mass is 16.2. The largest absolute Gasteiger partial charge is 0.396 e. The highest BCUT2D eigenvalue weighted by Gasteiger charge is 2.21. The Morgan fingerprint density at radius 2 is 2.28 bits per heavy atom. The van der Waals surface area contributed by atoms with Crippen LogP contribution in [-0.2, 0) is 6.42 Å². The first-order valence-corrected chi connectivity index (χ1v) is 5.59. The predicted molar refractivity (Wildman–Crippen MR) is 67.0 cm³/mol. The topological polar surface area (TPSA) is 116 Å². The smallest absolute Gasteiger partial charge is 0.264 e. The maximum atomic E-state index is 12.1. The van der Waals surface area contributed by atoms with Crippen LogP contribution in [0, 0.1) is 13.8 Å². The van der Waals surface area contributed by atoms with Crippen molar-refractivity contribution in [1.29, 1.82) is 0 Å². The highest BCUT2D eigenvalue weighted by molar-refractivity contribution is 5.85. The quantitative estimate of drug-likeness (QED) is 0.708. The normalized spacial score (nSPS) is 12.6. The van der Waals surface area contributed by atoms with Crippen LogP contribution in [0.25, 0.3) is 0 Å². The Morgan fingerprint density at radius 3 is 2.78 bits per heavy atom. The van der Waals surface area contributed by atoms with E-state index in [1.54, 1.807) is 26.4 Å². The number of nitrogen functional groups attached to an aromatic ring is 1. The Kier molecular flexibility index (Phi) is 3.15. The fourth-order valence-electron chi connectivity index (χ4n) is 1.75. The molecule has 0 aliphatic carbocycles. The Morgan fingerprint density at radius 1 is 1.56 bits per heavy atom. The average Bonchev–Trinajstić information content (AvgIpc) is 2.93. The van der Waals surface area contributed by atoms with Crippen LogP contribution in [0.5, 0.6) is 0 Å². The predicted octanol–water partition coefficient (Wildman–Crippen LogP) is 0.0154. The molecule has 2 aromatic heterocycles. The van der Waals surface area contributed by atoms with Gasteiger partial charge in [0.25, 0.3) is 5.91 Å². The van der Waals surface area contributed by atoms with Crippen molar-refractivity contribution in [3.05, 3.63) is 29.6 Å². The van der Waals surface area contributed by atoms with Gasteiger partial charge in [-0.3, -0.25) is 4.79 Å². The molecule has 0 bridgehead atoms. The van der Waals surface area contributed by atoms with Crippen LogP contribution < -0.4 is 11.5 Å². The van der Waals surface area contributed by atoms with E-state index in [2.05, 4.69) is 15.1 Å². The number of carbonyl (C=O) groups is 1. The number of rotatable bonds is 3. The van der Waals surface area contributed by atoms with Crippen molar-refractivity contribution in [2.75, 3.05) is 5.73 Å². The Bertz CT molecular complexity index is 556. The average molecular weight is 248 g/mol. The third-order valence-electron chi connectivity index (χ3n) is 2.87. The van der Waals surface area contributed by atoms with Crippen LogP contribution in [0.1, 0.15) is 21.9 Å². The summed E-state index contributed by atoms with van der Waals surface area (Å²) in [5.74, 6) is -0.276. The molecule has 0 aliphatic rings. The summed E-state index contributed by atoms with van der Waals surface area (Å²) in [7, 11) is 0. The molecule has 0 amide bonds. The first kappa shape index (κ1) is 12.3. The fraction of sp³-hybridized carbons (Fsp3) is 0.364. The van der Waals surface area contributed by atoms with Crippen molar-refractivity contribution >= 4 is 11.6 Å². The lowest BCUT2D eigenvalue weighted by Gasteiger charge is -2.10. The summed E-state index contributed by atoms with van der Waals surface area (Å²) < 4.78 is 1.27. The van der Waals surface area contributed by atoms with Gasteiger partial charge in [-0.15, -0.1) is 0 Å². The molecule has 7 heteroatoms. The van der Waals surface area contributed by atoms with E-state index in [-0.39, 0.29) is 5.91 Å². The summed E-state index contributed by atoms with van der Waals surface area (Å²) in [5.41, 5.74) is 14.2. The van der Waals surface area contributed by atoms with Crippen LogP contribution >= 0.6 is 0 Å². The molecule has 2 aromatic rings. The second-order valence-electron chi connectivity index (χ2n) is 4.22. The van der Waals surface area contributed by atoms with Crippen LogP contribution in [-0.4, -0.2) is 31.7 Å². The third-order valence-corrected chi connectivity index (χ3v) is 2.87. The van der Waals surface area contributed by atoms with Gasteiger partial charge in [-0.2, -0.15) is 5.10 Å². The number of nitrogens with one attached hydrogen (secondary N) is 1. The number of aromatic amines is 1. The maximum Gasteiger partial charge on any atom is 0.264 e. The van der Waals surface area contributed by atoms with Gasteiger partial charge in [-0.05, 0) is 13.8 Å². The second kappa shape index (κ2) is 4.61. The van der Waals surface area contributed by atoms with E-state index in [0.717, 1.165) is 5.69 Å². The van der Waals surface area contributed by atoms with Gasteiger partial charge in [0.1, 0.15) is 0 Å². The summed E-state index contributed by atoms with van der Waals surface area (Å²) in [5, 5.41) is 4.10. The highest BCUT2D eigenvalue weighted by Crippen LogP contribution is 2.15. The monoisotopic (exact) mass is 248 g/mol. The number of imidazole rings is 1. The first-order chi connectivity index (χ1) is 8.50. The molecule has 2 heterocycles. The summed E-state index contributed by atoms with van der Waals surface area (Å²) in [6.07, 6.45) is 3.58. The lowest BCUT2D eigenvalue weighted by atomic mass is 10.1. The molecule has 18 heavy (non-hydrogen) atoms. The van der Waals surface area contributed by atoms with Crippen molar-refractivity contribution in [3.63, 3.8) is 0 Å². The molecular weight excluding hydrogens is 232 g/mol. The van der Waals surface area contributed by atoms with Crippen LogP contribution in [0.3, 0.4) is 0 Å². The van der Waals surface area contributed by atoms with Gasteiger partial charge in [-0.1, -0.05) is 0 Å². The van der Waals surface area contributed by atoms with Gasteiger partial charge in [-0.25, -0.2) is 9.67 Å². The molecule has 0 aromatic carbocycles. The van der Waals surface area contributed by atoms with E-state index in [1.165, 1.54) is 4.68 Å². The molecule has 0 aliphatic heterocycles. The standard InChI is InChI=1S/C11H16N6O/c1-6-10(13)7(2)17(16-6)11(18)9(12)3-8-4-14-5-15-8/h4-5,9H,3,12-13H2,1-2H3,(H,14,15)/t9-/m0/s1. The van der Waals surface area contributed by atoms with Gasteiger partial charge in [0.15, 0.2) is 0 Å². The first-order valence-electron chi connectivity index (χ1n) is 5.59. The number of anilines is 1. The molecule has 0 fully saturated rings. The molecule has 2 rings (SSSR count). The number of hydrogen-bond acceptors (Lipinski definition) is 5. The zero-order valence-electron chi connectivity index (χ0n) is 10.3. The minimum Gasteiger partial charge on any atom is -0.396 e. The van der Waals surface area contributed by atoms with Crippen LogP contribution in [0.15, 0.2) is 12.5 Å². The van der Waals surface area contributed by atoms with E-state index in [0.29, 0.717) is 23.5 Å². The Hall–Kier alpha value is -2.15. The van der Waals surface area contributed by atoms with E-state index in [1.807, 2.05) is 0 Å². The Balaban J connectivity index is 2.18.